The Morgan fingerprint density at radius 1 is 1.04 bits per heavy atom. The molecule has 3 N–H and O–H groups in total. The van der Waals surface area contributed by atoms with Gasteiger partial charge in [0.1, 0.15) is 5.75 Å². The van der Waals surface area contributed by atoms with E-state index in [1.165, 1.54) is 18.3 Å². The molecule has 6 nitrogen and oxygen atoms in total. The van der Waals surface area contributed by atoms with Crippen LogP contribution in [0.2, 0.25) is 20.1 Å². The predicted octanol–water partition coefficient (Wildman–Crippen LogP) is 5.62. The van der Waals surface area contributed by atoms with Crippen LogP contribution in [0.5, 0.6) is 5.75 Å². The summed E-state index contributed by atoms with van der Waals surface area (Å²) < 4.78 is 0. The number of phenols is 1. The summed E-state index contributed by atoms with van der Waals surface area (Å²) in [5, 5.41) is 20.9. The van der Waals surface area contributed by atoms with E-state index >= 15 is 0 Å². The van der Waals surface area contributed by atoms with Crippen LogP contribution in [-0.2, 0) is 0 Å². The summed E-state index contributed by atoms with van der Waals surface area (Å²) in [7, 11) is 0. The topological polar surface area (TPSA) is 86.2 Å². The molecule has 0 amide bonds. The maximum atomic E-state index is 9.89. The van der Waals surface area contributed by atoms with Crippen molar-refractivity contribution in [2.75, 3.05) is 5.32 Å². The highest BCUT2D eigenvalue weighted by Crippen LogP contribution is 2.30. The van der Waals surface area contributed by atoms with Crippen LogP contribution in [0.4, 0.5) is 17.6 Å². The average Bonchev–Trinajstić information content (AvgIpc) is 3.00. The van der Waals surface area contributed by atoms with Crippen LogP contribution >= 0.6 is 46.4 Å². The zero-order chi connectivity index (χ0) is 18.0. The smallest absolute Gasteiger partial charge is 0.269 e. The number of aromatic nitrogens is 3. The third-order valence-electron chi connectivity index (χ3n) is 3.03. The predicted molar refractivity (Wildman–Crippen MR) is 102 cm³/mol. The molecule has 3 aromatic rings. The van der Waals surface area contributed by atoms with Gasteiger partial charge in [-0.1, -0.05) is 46.4 Å². The summed E-state index contributed by atoms with van der Waals surface area (Å²) in [6.07, 6.45) is 1.35. The minimum atomic E-state index is -0.130. The van der Waals surface area contributed by atoms with E-state index in [4.69, 9.17) is 46.4 Å². The number of rotatable bonds is 4. The summed E-state index contributed by atoms with van der Waals surface area (Å²) in [6.45, 7) is 0. The highest BCUT2D eigenvalue weighted by atomic mass is 35.5. The number of H-pyrrole nitrogens is 1. The molecule has 1 aromatic heterocycles. The van der Waals surface area contributed by atoms with E-state index in [-0.39, 0.29) is 16.7 Å². The second-order valence-corrected chi connectivity index (χ2v) is 6.50. The summed E-state index contributed by atoms with van der Waals surface area (Å²) in [5.74, 6) is 0.329. The molecule has 2 aromatic carbocycles. The van der Waals surface area contributed by atoms with Crippen LogP contribution < -0.4 is 5.32 Å². The van der Waals surface area contributed by atoms with Gasteiger partial charge in [0.05, 0.1) is 15.7 Å². The van der Waals surface area contributed by atoms with E-state index in [0.29, 0.717) is 32.3 Å². The number of nitrogens with one attached hydrogen (secondary N) is 2. The number of aromatic hydroxyl groups is 1. The second-order valence-electron chi connectivity index (χ2n) is 4.82. The maximum absolute atomic E-state index is 9.89. The molecule has 1 heterocycles. The largest absolute Gasteiger partial charge is 0.506 e. The van der Waals surface area contributed by atoms with Gasteiger partial charge in [0, 0.05) is 21.8 Å². The van der Waals surface area contributed by atoms with E-state index in [0.717, 1.165) is 0 Å². The SMILES string of the molecule is Oc1c(Cl)cc(Cl)cc1C=Nc1n[nH]c(Nc2cc(Cl)ccc2Cl)n1. The van der Waals surface area contributed by atoms with Gasteiger partial charge >= 0.3 is 0 Å². The lowest BCUT2D eigenvalue weighted by molar-refractivity contribution is 0.475. The Labute approximate surface area is 162 Å². The first kappa shape index (κ1) is 17.8. The molecule has 0 fully saturated rings. The van der Waals surface area contributed by atoms with Crippen molar-refractivity contribution < 1.29 is 5.11 Å². The Morgan fingerprint density at radius 2 is 1.84 bits per heavy atom. The molecule has 0 aliphatic rings. The molecule has 0 spiro atoms. The van der Waals surface area contributed by atoms with E-state index < -0.39 is 0 Å². The van der Waals surface area contributed by atoms with Crippen LogP contribution in [0.1, 0.15) is 5.56 Å². The molecule has 0 saturated carbocycles. The molecule has 25 heavy (non-hydrogen) atoms. The molecule has 0 saturated heterocycles. The first-order valence-electron chi connectivity index (χ1n) is 6.79. The monoisotopic (exact) mass is 415 g/mol. The number of anilines is 2. The van der Waals surface area contributed by atoms with Gasteiger partial charge in [0.25, 0.3) is 5.95 Å². The Hall–Kier alpha value is -1.99. The first-order chi connectivity index (χ1) is 11.9. The molecular weight excluding hydrogens is 408 g/mol. The molecule has 10 heteroatoms. The molecule has 0 unspecified atom stereocenters. The van der Waals surface area contributed by atoms with Crippen molar-refractivity contribution in [1.82, 2.24) is 15.2 Å². The van der Waals surface area contributed by atoms with Gasteiger partial charge in [-0.05, 0) is 30.3 Å². The molecule has 3 rings (SSSR count). The number of phenolic OH excluding ortho intramolecular Hbond substituents is 1. The van der Waals surface area contributed by atoms with E-state index in [2.05, 4.69) is 25.5 Å². The fourth-order valence-corrected chi connectivity index (χ4v) is 2.75. The summed E-state index contributed by atoms with van der Waals surface area (Å²) in [4.78, 5) is 8.21. The van der Waals surface area contributed by atoms with Crippen LogP contribution in [0, 0.1) is 0 Å². The van der Waals surface area contributed by atoms with Gasteiger partial charge in [0.15, 0.2) is 0 Å². The quantitative estimate of drug-likeness (QED) is 0.482. The van der Waals surface area contributed by atoms with E-state index in [1.807, 2.05) is 0 Å². The third kappa shape index (κ3) is 4.35. The van der Waals surface area contributed by atoms with Crippen molar-refractivity contribution >= 4 is 70.2 Å². The van der Waals surface area contributed by atoms with Crippen LogP contribution in [-0.4, -0.2) is 26.5 Å². The minimum Gasteiger partial charge on any atom is -0.506 e. The number of aromatic amines is 1. The number of nitrogens with zero attached hydrogens (tertiary/aromatic N) is 3. The second kappa shape index (κ2) is 7.49. The lowest BCUT2D eigenvalue weighted by Gasteiger charge is -2.04. The van der Waals surface area contributed by atoms with E-state index in [9.17, 15) is 5.11 Å². The fourth-order valence-electron chi connectivity index (χ4n) is 1.90. The number of benzene rings is 2. The van der Waals surface area contributed by atoms with Crippen LogP contribution in [0.15, 0.2) is 35.3 Å². The third-order valence-corrected chi connectivity index (χ3v) is 4.10. The van der Waals surface area contributed by atoms with Crippen molar-refractivity contribution in [3.05, 3.63) is 56.0 Å². The molecule has 128 valence electrons. The zero-order valence-electron chi connectivity index (χ0n) is 12.3. The Bertz CT molecular complexity index is 957. The van der Waals surface area contributed by atoms with Crippen molar-refractivity contribution in [2.24, 2.45) is 4.99 Å². The summed E-state index contributed by atoms with van der Waals surface area (Å²) in [5.41, 5.74) is 0.912. The Morgan fingerprint density at radius 3 is 2.64 bits per heavy atom. The zero-order valence-corrected chi connectivity index (χ0v) is 15.3. The van der Waals surface area contributed by atoms with Crippen LogP contribution in [0.25, 0.3) is 0 Å². The van der Waals surface area contributed by atoms with Gasteiger partial charge < -0.3 is 10.4 Å². The van der Waals surface area contributed by atoms with Crippen LogP contribution in [0.3, 0.4) is 0 Å². The summed E-state index contributed by atoms with van der Waals surface area (Å²) in [6, 6.07) is 7.94. The molecule has 0 bridgehead atoms. The maximum Gasteiger partial charge on any atom is 0.269 e. The number of halogens is 4. The van der Waals surface area contributed by atoms with Crippen molar-refractivity contribution in [1.29, 1.82) is 0 Å². The van der Waals surface area contributed by atoms with Crippen molar-refractivity contribution in [2.45, 2.75) is 0 Å². The number of hydrogen-bond acceptors (Lipinski definition) is 5. The molecule has 0 radical (unpaired) electrons. The molecular formula is C15H9Cl4N5O. The minimum absolute atomic E-state index is 0.127. The Kier molecular flexibility index (Phi) is 5.34. The lowest BCUT2D eigenvalue weighted by Crippen LogP contribution is -1.93. The van der Waals surface area contributed by atoms with Gasteiger partial charge in [-0.15, -0.1) is 5.10 Å². The average molecular weight is 417 g/mol. The molecule has 0 atom stereocenters. The van der Waals surface area contributed by atoms with E-state index in [1.54, 1.807) is 18.2 Å². The molecule has 0 aliphatic carbocycles. The highest BCUT2D eigenvalue weighted by Gasteiger charge is 2.08. The first-order valence-corrected chi connectivity index (χ1v) is 8.30. The number of aliphatic imine (C=N–C) groups is 1. The fraction of sp³-hybridized carbons (Fsp3) is 0. The van der Waals surface area contributed by atoms with Gasteiger partial charge in [-0.3, -0.25) is 0 Å². The van der Waals surface area contributed by atoms with Gasteiger partial charge in [0.2, 0.25) is 5.95 Å². The normalized spacial score (nSPS) is 11.2. The number of hydrogen-bond donors (Lipinski definition) is 3. The molecule has 0 aliphatic heterocycles. The summed E-state index contributed by atoms with van der Waals surface area (Å²) >= 11 is 23.8. The lowest BCUT2D eigenvalue weighted by atomic mass is 10.2. The Balaban J connectivity index is 1.79. The standard InChI is InChI=1S/C15H9Cl4N5O/c16-8-1-2-10(18)12(5-8)21-15-22-14(23-24-15)20-6-7-3-9(17)4-11(19)13(7)25/h1-6,25H,(H2,21,22,23,24). The highest BCUT2D eigenvalue weighted by molar-refractivity contribution is 6.36. The van der Waals surface area contributed by atoms with Gasteiger partial charge in [-0.25, -0.2) is 10.1 Å². The van der Waals surface area contributed by atoms with Gasteiger partial charge in [-0.2, -0.15) is 4.98 Å². The van der Waals surface area contributed by atoms with Crippen molar-refractivity contribution in [3.63, 3.8) is 0 Å². The van der Waals surface area contributed by atoms with Crippen molar-refractivity contribution in [3.8, 4) is 5.75 Å².